The Balaban J connectivity index is 0.000000279. The summed E-state index contributed by atoms with van der Waals surface area (Å²) in [5.41, 5.74) is 1.17. The Hall–Kier alpha value is -2.07. The Morgan fingerprint density at radius 3 is 2.57 bits per heavy atom. The number of piperidine rings is 1. The summed E-state index contributed by atoms with van der Waals surface area (Å²) in [6.45, 7) is 2.48. The number of fused-ring (bicyclic) bond motifs is 1. The molecule has 28 heavy (non-hydrogen) atoms. The van der Waals surface area contributed by atoms with Crippen LogP contribution < -0.4 is 5.32 Å². The fourth-order valence-electron chi connectivity index (χ4n) is 3.59. The third-order valence-electron chi connectivity index (χ3n) is 5.12. The average molecular weight is 404 g/mol. The molecule has 0 bridgehead atoms. The lowest BCUT2D eigenvalue weighted by Gasteiger charge is -2.40. The van der Waals surface area contributed by atoms with E-state index >= 15 is 0 Å². The van der Waals surface area contributed by atoms with E-state index in [9.17, 15) is 18.0 Å². The highest BCUT2D eigenvalue weighted by atomic mass is 19.4. The van der Waals surface area contributed by atoms with E-state index in [0.29, 0.717) is 12.1 Å². The first-order valence-electron chi connectivity index (χ1n) is 9.21. The van der Waals surface area contributed by atoms with Crippen LogP contribution in [0.2, 0.25) is 0 Å². The van der Waals surface area contributed by atoms with Gasteiger partial charge in [0.2, 0.25) is 5.91 Å². The molecule has 1 saturated carbocycles. The van der Waals surface area contributed by atoms with Gasteiger partial charge in [-0.25, -0.2) is 4.79 Å². The van der Waals surface area contributed by atoms with Crippen LogP contribution in [0.3, 0.4) is 0 Å². The number of furan rings is 1. The standard InChI is InChI=1S/C16H22N2O3.C2HF3O2/c19-16(17-13-1-2-13)12-7-15-14(4-6-21-15)18(9-12)8-11-3-5-20-10-11;3-2(4,5)1(6)7/h3,5,10,12-15H,1-2,4,6-9H2,(H,17,19);(H,6,7)/t12-,14-,15-;/m1./s1. The minimum atomic E-state index is -5.08. The second-order valence-corrected chi connectivity index (χ2v) is 7.34. The van der Waals surface area contributed by atoms with Gasteiger partial charge in [-0.3, -0.25) is 9.69 Å². The van der Waals surface area contributed by atoms with Crippen LogP contribution in [0.5, 0.6) is 0 Å². The van der Waals surface area contributed by atoms with Crippen LogP contribution in [0, 0.1) is 5.92 Å². The fraction of sp³-hybridized carbons (Fsp3) is 0.667. The number of nitrogens with zero attached hydrogens (tertiary/aromatic N) is 1. The molecule has 3 fully saturated rings. The molecule has 156 valence electrons. The molecule has 0 spiro atoms. The zero-order chi connectivity index (χ0) is 20.3. The quantitative estimate of drug-likeness (QED) is 0.799. The van der Waals surface area contributed by atoms with Crippen molar-refractivity contribution in [2.75, 3.05) is 13.2 Å². The van der Waals surface area contributed by atoms with Gasteiger partial charge in [0.25, 0.3) is 0 Å². The summed E-state index contributed by atoms with van der Waals surface area (Å²) in [5.74, 6) is -2.49. The zero-order valence-electron chi connectivity index (χ0n) is 15.2. The van der Waals surface area contributed by atoms with E-state index < -0.39 is 12.1 Å². The molecule has 1 amide bonds. The highest BCUT2D eigenvalue weighted by molar-refractivity contribution is 5.79. The number of alkyl halides is 3. The number of carbonyl (C=O) groups is 2. The van der Waals surface area contributed by atoms with E-state index in [1.165, 1.54) is 5.56 Å². The zero-order valence-corrected chi connectivity index (χ0v) is 15.2. The van der Waals surface area contributed by atoms with Gasteiger partial charge in [-0.2, -0.15) is 13.2 Å². The molecule has 3 heterocycles. The lowest BCUT2D eigenvalue weighted by Crippen LogP contribution is -2.52. The molecule has 3 aliphatic rings. The summed E-state index contributed by atoms with van der Waals surface area (Å²) in [5, 5.41) is 10.3. The first-order valence-corrected chi connectivity index (χ1v) is 9.21. The second kappa shape index (κ2) is 8.52. The fourth-order valence-corrected chi connectivity index (χ4v) is 3.59. The molecule has 0 unspecified atom stereocenters. The number of amides is 1. The van der Waals surface area contributed by atoms with Gasteiger partial charge in [0.05, 0.1) is 24.5 Å². The average Bonchev–Trinajstić information content (AvgIpc) is 3.09. The van der Waals surface area contributed by atoms with Crippen molar-refractivity contribution < 1.29 is 37.0 Å². The Kier molecular flexibility index (Phi) is 6.29. The van der Waals surface area contributed by atoms with Gasteiger partial charge >= 0.3 is 12.1 Å². The van der Waals surface area contributed by atoms with Crippen LogP contribution in [0.1, 0.15) is 31.2 Å². The molecule has 1 aromatic heterocycles. The van der Waals surface area contributed by atoms with E-state index in [1.807, 2.05) is 6.07 Å². The molecular formula is C18H23F3N2O5. The maximum Gasteiger partial charge on any atom is 0.490 e. The molecular weight excluding hydrogens is 381 g/mol. The van der Waals surface area contributed by atoms with E-state index in [1.54, 1.807) is 12.5 Å². The Morgan fingerprint density at radius 1 is 1.29 bits per heavy atom. The molecule has 1 aliphatic carbocycles. The molecule has 0 radical (unpaired) electrons. The number of carboxylic acids is 1. The lowest BCUT2D eigenvalue weighted by molar-refractivity contribution is -0.192. The van der Waals surface area contributed by atoms with Crippen molar-refractivity contribution >= 4 is 11.9 Å². The van der Waals surface area contributed by atoms with Gasteiger partial charge in [-0.1, -0.05) is 0 Å². The van der Waals surface area contributed by atoms with Gasteiger partial charge in [0.1, 0.15) is 0 Å². The second-order valence-electron chi connectivity index (χ2n) is 7.34. The summed E-state index contributed by atoms with van der Waals surface area (Å²) in [6.07, 6.45) is 2.84. The number of hydrogen-bond donors (Lipinski definition) is 2. The van der Waals surface area contributed by atoms with Gasteiger partial charge in [0.15, 0.2) is 0 Å². The SMILES string of the molecule is O=C(NC1CC1)[C@@H]1C[C@H]2OCC[C@H]2N(Cc2ccoc2)C1.O=C(O)C(F)(F)F. The Labute approximate surface area is 159 Å². The normalized spacial score (nSPS) is 27.5. The molecule has 2 saturated heterocycles. The summed E-state index contributed by atoms with van der Waals surface area (Å²) < 4.78 is 42.8. The van der Waals surface area contributed by atoms with Crippen LogP contribution in [-0.2, 0) is 20.9 Å². The number of carbonyl (C=O) groups excluding carboxylic acids is 1. The van der Waals surface area contributed by atoms with E-state index in [4.69, 9.17) is 19.1 Å². The van der Waals surface area contributed by atoms with Crippen molar-refractivity contribution in [2.24, 2.45) is 5.92 Å². The molecule has 2 N–H and O–H groups in total. The number of ether oxygens (including phenoxy) is 1. The highest BCUT2D eigenvalue weighted by Crippen LogP contribution is 2.33. The first kappa shape index (κ1) is 20.7. The molecule has 7 nitrogen and oxygen atoms in total. The van der Waals surface area contributed by atoms with Gasteiger partial charge < -0.3 is 19.6 Å². The largest absolute Gasteiger partial charge is 0.490 e. The van der Waals surface area contributed by atoms with Crippen LogP contribution in [0.25, 0.3) is 0 Å². The smallest absolute Gasteiger partial charge is 0.475 e. The summed E-state index contributed by atoms with van der Waals surface area (Å²) in [7, 11) is 0. The highest BCUT2D eigenvalue weighted by Gasteiger charge is 2.43. The van der Waals surface area contributed by atoms with Crippen molar-refractivity contribution in [3.8, 4) is 0 Å². The maximum absolute atomic E-state index is 12.4. The molecule has 1 aromatic rings. The molecule has 0 aromatic carbocycles. The number of halogens is 3. The number of rotatable bonds is 4. The van der Waals surface area contributed by atoms with Crippen molar-refractivity contribution in [3.63, 3.8) is 0 Å². The van der Waals surface area contributed by atoms with Crippen LogP contribution in [-0.4, -0.2) is 59.4 Å². The van der Waals surface area contributed by atoms with Crippen LogP contribution in [0.15, 0.2) is 23.0 Å². The van der Waals surface area contributed by atoms with Gasteiger partial charge in [-0.05, 0) is 31.7 Å². The maximum atomic E-state index is 12.4. The Morgan fingerprint density at radius 2 is 2.00 bits per heavy atom. The predicted molar refractivity (Wildman–Crippen MR) is 90.2 cm³/mol. The molecule has 10 heteroatoms. The van der Waals surface area contributed by atoms with Crippen molar-refractivity contribution in [1.82, 2.24) is 10.2 Å². The molecule has 2 aliphatic heterocycles. The van der Waals surface area contributed by atoms with Gasteiger partial charge in [0, 0.05) is 37.3 Å². The number of likely N-dealkylation sites (tertiary alicyclic amines) is 1. The van der Waals surface area contributed by atoms with Crippen molar-refractivity contribution in [2.45, 2.75) is 56.6 Å². The van der Waals surface area contributed by atoms with E-state index in [2.05, 4.69) is 10.2 Å². The minimum Gasteiger partial charge on any atom is -0.475 e. The summed E-state index contributed by atoms with van der Waals surface area (Å²) >= 11 is 0. The summed E-state index contributed by atoms with van der Waals surface area (Å²) in [6, 6.07) is 2.88. The van der Waals surface area contributed by atoms with Gasteiger partial charge in [-0.15, -0.1) is 0 Å². The van der Waals surface area contributed by atoms with E-state index in [0.717, 1.165) is 45.4 Å². The van der Waals surface area contributed by atoms with Crippen LogP contribution >= 0.6 is 0 Å². The topological polar surface area (TPSA) is 92.0 Å². The minimum absolute atomic E-state index is 0.0526. The monoisotopic (exact) mass is 404 g/mol. The third-order valence-corrected chi connectivity index (χ3v) is 5.12. The molecule has 4 rings (SSSR count). The Bertz CT molecular complexity index is 675. The third kappa shape index (κ3) is 5.48. The van der Waals surface area contributed by atoms with Crippen molar-refractivity contribution in [1.29, 1.82) is 0 Å². The molecule has 3 atom stereocenters. The number of carboxylic acid groups (broad SMARTS) is 1. The summed E-state index contributed by atoms with van der Waals surface area (Å²) in [4.78, 5) is 23.7. The van der Waals surface area contributed by atoms with E-state index in [-0.39, 0.29) is 17.9 Å². The number of hydrogen-bond acceptors (Lipinski definition) is 5. The number of aliphatic carboxylic acids is 1. The number of nitrogens with one attached hydrogen (secondary N) is 1. The first-order chi connectivity index (χ1) is 13.2. The van der Waals surface area contributed by atoms with Crippen molar-refractivity contribution in [3.05, 3.63) is 24.2 Å². The van der Waals surface area contributed by atoms with Crippen LogP contribution in [0.4, 0.5) is 13.2 Å². The lowest BCUT2D eigenvalue weighted by atomic mass is 9.89. The predicted octanol–water partition coefficient (Wildman–Crippen LogP) is 2.17.